The molecule has 1 aromatic carbocycles. The number of rotatable bonds is 2. The quantitative estimate of drug-likeness (QED) is 0.436. The highest BCUT2D eigenvalue weighted by atomic mass is 35.5. The molecule has 0 aliphatic rings. The average molecular weight is 186 g/mol. The van der Waals surface area contributed by atoms with Crippen LogP contribution in [-0.2, 0) is 0 Å². The van der Waals surface area contributed by atoms with E-state index < -0.39 is 0 Å². The maximum Gasteiger partial charge on any atom is 0.175 e. The van der Waals surface area contributed by atoms with Crippen molar-refractivity contribution in [3.05, 3.63) is 29.8 Å². The number of methoxy groups -OCH3 is 1. The molecule has 0 spiro atoms. The molecule has 0 amide bonds. The summed E-state index contributed by atoms with van der Waals surface area (Å²) in [5, 5.41) is 11.3. The summed E-state index contributed by atoms with van der Waals surface area (Å²) >= 11 is 5.56. The molecule has 1 aromatic rings. The van der Waals surface area contributed by atoms with Gasteiger partial charge < -0.3 is 9.94 Å². The zero-order valence-electron chi connectivity index (χ0n) is 6.49. The van der Waals surface area contributed by atoms with Gasteiger partial charge in [0.05, 0.1) is 7.11 Å². The number of benzene rings is 1. The Morgan fingerprint density at radius 3 is 2.92 bits per heavy atom. The SMILES string of the molecule is COc1cccc(/C(Cl)=N/O)c1. The molecule has 12 heavy (non-hydrogen) atoms. The van der Waals surface area contributed by atoms with Crippen molar-refractivity contribution in [2.24, 2.45) is 5.16 Å². The second-order valence-corrected chi connectivity index (χ2v) is 2.48. The summed E-state index contributed by atoms with van der Waals surface area (Å²) in [6.07, 6.45) is 0. The summed E-state index contributed by atoms with van der Waals surface area (Å²) in [6.45, 7) is 0. The van der Waals surface area contributed by atoms with Crippen LogP contribution in [0.1, 0.15) is 5.56 Å². The van der Waals surface area contributed by atoms with Gasteiger partial charge in [-0.2, -0.15) is 0 Å². The molecule has 0 aromatic heterocycles. The second kappa shape index (κ2) is 3.97. The van der Waals surface area contributed by atoms with Crippen molar-refractivity contribution in [3.8, 4) is 5.75 Å². The van der Waals surface area contributed by atoms with Gasteiger partial charge >= 0.3 is 0 Å². The van der Waals surface area contributed by atoms with E-state index in [0.717, 1.165) is 0 Å². The molecule has 4 heteroatoms. The summed E-state index contributed by atoms with van der Waals surface area (Å²) in [5.74, 6) is 0.675. The molecule has 0 radical (unpaired) electrons. The molecule has 0 atom stereocenters. The molecule has 0 aliphatic carbocycles. The minimum atomic E-state index is 0.0499. The fourth-order valence-electron chi connectivity index (χ4n) is 0.809. The Balaban J connectivity index is 3.02. The molecule has 0 fully saturated rings. The Morgan fingerprint density at radius 2 is 2.33 bits per heavy atom. The van der Waals surface area contributed by atoms with E-state index in [-0.39, 0.29) is 5.17 Å². The van der Waals surface area contributed by atoms with E-state index in [0.29, 0.717) is 11.3 Å². The van der Waals surface area contributed by atoms with E-state index >= 15 is 0 Å². The molecule has 0 heterocycles. The van der Waals surface area contributed by atoms with E-state index in [9.17, 15) is 0 Å². The van der Waals surface area contributed by atoms with Gasteiger partial charge in [-0.05, 0) is 12.1 Å². The fourth-order valence-corrected chi connectivity index (χ4v) is 0.927. The van der Waals surface area contributed by atoms with Crippen LogP contribution in [0.3, 0.4) is 0 Å². The molecule has 0 unspecified atom stereocenters. The molecular weight excluding hydrogens is 178 g/mol. The lowest BCUT2D eigenvalue weighted by Gasteiger charge is -2.00. The summed E-state index contributed by atoms with van der Waals surface area (Å²) < 4.78 is 4.95. The van der Waals surface area contributed by atoms with Gasteiger partial charge in [0.1, 0.15) is 5.75 Å². The maximum atomic E-state index is 8.37. The number of ether oxygens (including phenoxy) is 1. The van der Waals surface area contributed by atoms with Crippen LogP contribution in [-0.4, -0.2) is 17.5 Å². The second-order valence-electron chi connectivity index (χ2n) is 2.12. The van der Waals surface area contributed by atoms with E-state index in [1.165, 1.54) is 0 Å². The van der Waals surface area contributed by atoms with E-state index in [2.05, 4.69) is 5.16 Å². The predicted octanol–water partition coefficient (Wildman–Crippen LogP) is 2.07. The van der Waals surface area contributed by atoms with Crippen molar-refractivity contribution in [1.82, 2.24) is 0 Å². The van der Waals surface area contributed by atoms with Crippen LogP contribution in [0.4, 0.5) is 0 Å². The molecule has 0 aliphatic heterocycles. The third kappa shape index (κ3) is 1.89. The van der Waals surface area contributed by atoms with Crippen LogP contribution in [0.15, 0.2) is 29.4 Å². The van der Waals surface area contributed by atoms with Crippen LogP contribution in [0.25, 0.3) is 0 Å². The van der Waals surface area contributed by atoms with Gasteiger partial charge in [0.25, 0.3) is 0 Å². The van der Waals surface area contributed by atoms with Gasteiger partial charge in [-0.25, -0.2) is 0 Å². The number of oxime groups is 1. The van der Waals surface area contributed by atoms with Crippen molar-refractivity contribution in [2.75, 3.05) is 7.11 Å². The molecule has 64 valence electrons. The summed E-state index contributed by atoms with van der Waals surface area (Å²) in [4.78, 5) is 0. The highest BCUT2D eigenvalue weighted by molar-refractivity contribution is 6.69. The maximum absolute atomic E-state index is 8.37. The van der Waals surface area contributed by atoms with Crippen molar-refractivity contribution < 1.29 is 9.94 Å². The minimum Gasteiger partial charge on any atom is -0.497 e. The van der Waals surface area contributed by atoms with E-state index in [1.807, 2.05) is 0 Å². The zero-order chi connectivity index (χ0) is 8.97. The molecule has 1 N–H and O–H groups in total. The molecule has 0 saturated carbocycles. The van der Waals surface area contributed by atoms with E-state index in [1.54, 1.807) is 31.4 Å². The Hall–Kier alpha value is -1.22. The standard InChI is InChI=1S/C8H8ClNO2/c1-12-7-4-2-3-6(5-7)8(9)10-11/h2-5,11H,1H3/b10-8-. The van der Waals surface area contributed by atoms with Crippen LogP contribution in [0.5, 0.6) is 5.75 Å². The average Bonchev–Trinajstić information content (AvgIpc) is 2.17. The van der Waals surface area contributed by atoms with Crippen molar-refractivity contribution in [2.45, 2.75) is 0 Å². The first kappa shape index (κ1) is 8.87. The number of hydrogen-bond acceptors (Lipinski definition) is 3. The van der Waals surface area contributed by atoms with Crippen LogP contribution >= 0.6 is 11.6 Å². The van der Waals surface area contributed by atoms with Gasteiger partial charge in [0.15, 0.2) is 5.17 Å². The summed E-state index contributed by atoms with van der Waals surface area (Å²) in [7, 11) is 1.56. The van der Waals surface area contributed by atoms with Crippen LogP contribution < -0.4 is 4.74 Å². The Bertz CT molecular complexity index is 299. The predicted molar refractivity (Wildman–Crippen MR) is 47.2 cm³/mol. The monoisotopic (exact) mass is 185 g/mol. The first-order valence-corrected chi connectivity index (χ1v) is 3.67. The van der Waals surface area contributed by atoms with Gasteiger partial charge in [0.2, 0.25) is 0 Å². The van der Waals surface area contributed by atoms with Crippen molar-refractivity contribution in [3.63, 3.8) is 0 Å². The number of halogens is 1. The molecule has 0 saturated heterocycles. The van der Waals surface area contributed by atoms with Crippen molar-refractivity contribution in [1.29, 1.82) is 0 Å². The van der Waals surface area contributed by atoms with Crippen LogP contribution in [0, 0.1) is 0 Å². The third-order valence-corrected chi connectivity index (χ3v) is 1.69. The highest BCUT2D eigenvalue weighted by Gasteiger charge is 2.00. The summed E-state index contributed by atoms with van der Waals surface area (Å²) in [5.41, 5.74) is 0.624. The first-order valence-electron chi connectivity index (χ1n) is 3.30. The smallest absolute Gasteiger partial charge is 0.175 e. The van der Waals surface area contributed by atoms with Gasteiger partial charge in [0, 0.05) is 5.56 Å². The lowest BCUT2D eigenvalue weighted by molar-refractivity contribution is 0.321. The number of hydrogen-bond donors (Lipinski definition) is 1. The minimum absolute atomic E-state index is 0.0499. The summed E-state index contributed by atoms with van der Waals surface area (Å²) in [6, 6.07) is 6.96. The molecule has 1 rings (SSSR count). The molecule has 3 nitrogen and oxygen atoms in total. The van der Waals surface area contributed by atoms with Gasteiger partial charge in [-0.15, -0.1) is 0 Å². The van der Waals surface area contributed by atoms with Gasteiger partial charge in [-0.1, -0.05) is 28.9 Å². The lowest BCUT2D eigenvalue weighted by Crippen LogP contribution is -1.91. The van der Waals surface area contributed by atoms with Gasteiger partial charge in [-0.3, -0.25) is 0 Å². The lowest BCUT2D eigenvalue weighted by atomic mass is 10.2. The molecular formula is C8H8ClNO2. The largest absolute Gasteiger partial charge is 0.497 e. The Morgan fingerprint density at radius 1 is 1.58 bits per heavy atom. The fraction of sp³-hybridized carbons (Fsp3) is 0.125. The first-order chi connectivity index (χ1) is 5.77. The highest BCUT2D eigenvalue weighted by Crippen LogP contribution is 2.14. The normalized spacial score (nSPS) is 11.3. The number of nitrogens with zero attached hydrogens (tertiary/aromatic N) is 1. The topological polar surface area (TPSA) is 41.8 Å². The zero-order valence-corrected chi connectivity index (χ0v) is 7.25. The molecule has 0 bridgehead atoms. The Labute approximate surface area is 75.2 Å². The van der Waals surface area contributed by atoms with Crippen LogP contribution in [0.2, 0.25) is 0 Å². The Kier molecular flexibility index (Phi) is 2.94. The van der Waals surface area contributed by atoms with E-state index in [4.69, 9.17) is 21.5 Å². The third-order valence-electron chi connectivity index (χ3n) is 1.40. The van der Waals surface area contributed by atoms with Crippen molar-refractivity contribution >= 4 is 16.8 Å².